The van der Waals surface area contributed by atoms with Gasteiger partial charge >= 0.3 is 0 Å². The van der Waals surface area contributed by atoms with Crippen LogP contribution in [0.1, 0.15) is 18.1 Å². The van der Waals surface area contributed by atoms with Crippen LogP contribution in [-0.2, 0) is 6.42 Å². The summed E-state index contributed by atoms with van der Waals surface area (Å²) in [4.78, 5) is 8.43. The molecule has 4 nitrogen and oxygen atoms in total. The fourth-order valence-electron chi connectivity index (χ4n) is 2.10. The Labute approximate surface area is 130 Å². The van der Waals surface area contributed by atoms with Crippen LogP contribution in [0.3, 0.4) is 0 Å². The van der Waals surface area contributed by atoms with Crippen LogP contribution in [0, 0.1) is 6.92 Å². The monoisotopic (exact) mass is 305 g/mol. The highest BCUT2D eigenvalue weighted by molar-refractivity contribution is 6.18. The summed E-state index contributed by atoms with van der Waals surface area (Å²) in [5, 5.41) is 3.38. The number of halogens is 1. The third-order valence-corrected chi connectivity index (χ3v) is 3.54. The molecule has 1 heterocycles. The maximum atomic E-state index is 6.08. The molecule has 0 saturated carbocycles. The highest BCUT2D eigenvalue weighted by Gasteiger charge is 2.13. The molecule has 0 spiro atoms. The van der Waals surface area contributed by atoms with Crippen LogP contribution in [0.2, 0.25) is 0 Å². The van der Waals surface area contributed by atoms with Gasteiger partial charge in [0.2, 0.25) is 5.88 Å². The number of ether oxygens (including phenoxy) is 1. The molecule has 0 fully saturated rings. The molecule has 1 unspecified atom stereocenters. The lowest BCUT2D eigenvalue weighted by molar-refractivity contribution is 0.324. The van der Waals surface area contributed by atoms with Crippen LogP contribution in [-0.4, -0.2) is 28.5 Å². The summed E-state index contributed by atoms with van der Waals surface area (Å²) >= 11 is 6.08. The summed E-state index contributed by atoms with van der Waals surface area (Å²) < 4.78 is 5.49. The van der Waals surface area contributed by atoms with Crippen molar-refractivity contribution in [2.45, 2.75) is 26.3 Å². The highest BCUT2D eigenvalue weighted by atomic mass is 35.5. The van der Waals surface area contributed by atoms with E-state index in [1.165, 1.54) is 11.9 Å². The van der Waals surface area contributed by atoms with E-state index in [0.29, 0.717) is 18.4 Å². The standard InChI is InChI=1S/C16H20ClN3O/c1-3-21-16-12(2)15(18-11-19-16)20-14(10-17)9-13-7-5-4-6-8-13/h4-8,11,14H,3,9-10H2,1-2H3,(H,18,19,20). The second-order valence-corrected chi connectivity index (χ2v) is 5.08. The Balaban J connectivity index is 2.10. The largest absolute Gasteiger partial charge is 0.478 e. The van der Waals surface area contributed by atoms with Crippen molar-refractivity contribution < 1.29 is 4.74 Å². The molecule has 2 rings (SSSR count). The van der Waals surface area contributed by atoms with Crippen molar-refractivity contribution in [2.24, 2.45) is 0 Å². The molecule has 0 bridgehead atoms. The van der Waals surface area contributed by atoms with Crippen molar-refractivity contribution in [2.75, 3.05) is 17.8 Å². The highest BCUT2D eigenvalue weighted by Crippen LogP contribution is 2.21. The molecule has 0 aliphatic heterocycles. The molecule has 21 heavy (non-hydrogen) atoms. The lowest BCUT2D eigenvalue weighted by Gasteiger charge is -2.19. The minimum atomic E-state index is 0.108. The molecule has 5 heteroatoms. The predicted octanol–water partition coefficient (Wildman–Crippen LogP) is 3.45. The van der Waals surface area contributed by atoms with Crippen LogP contribution < -0.4 is 10.1 Å². The molecule has 0 radical (unpaired) electrons. The first-order valence-corrected chi connectivity index (χ1v) is 7.58. The number of nitrogens with zero attached hydrogens (tertiary/aromatic N) is 2. The molecule has 1 N–H and O–H groups in total. The summed E-state index contributed by atoms with van der Waals surface area (Å²) in [6, 6.07) is 10.4. The Kier molecular flexibility index (Phi) is 5.81. The molecule has 112 valence electrons. The number of anilines is 1. The third-order valence-electron chi connectivity index (χ3n) is 3.17. The van der Waals surface area contributed by atoms with E-state index >= 15 is 0 Å². The second-order valence-electron chi connectivity index (χ2n) is 4.77. The first-order valence-electron chi connectivity index (χ1n) is 7.05. The zero-order valence-corrected chi connectivity index (χ0v) is 13.1. The lowest BCUT2D eigenvalue weighted by Crippen LogP contribution is -2.25. The Morgan fingerprint density at radius 3 is 2.67 bits per heavy atom. The topological polar surface area (TPSA) is 47.0 Å². The van der Waals surface area contributed by atoms with Crippen molar-refractivity contribution in [1.29, 1.82) is 0 Å². The van der Waals surface area contributed by atoms with Crippen LogP contribution >= 0.6 is 11.6 Å². The van der Waals surface area contributed by atoms with Crippen molar-refractivity contribution in [3.8, 4) is 5.88 Å². The minimum Gasteiger partial charge on any atom is -0.478 e. The fourth-order valence-corrected chi connectivity index (χ4v) is 2.28. The maximum Gasteiger partial charge on any atom is 0.221 e. The van der Waals surface area contributed by atoms with Crippen molar-refractivity contribution in [3.63, 3.8) is 0 Å². The normalized spacial score (nSPS) is 12.0. The number of hydrogen-bond acceptors (Lipinski definition) is 4. The molecule has 2 aromatic rings. The van der Waals surface area contributed by atoms with E-state index < -0.39 is 0 Å². The van der Waals surface area contributed by atoms with Gasteiger partial charge in [-0.1, -0.05) is 30.3 Å². The lowest BCUT2D eigenvalue weighted by atomic mass is 10.1. The van der Waals surface area contributed by atoms with Gasteiger partial charge in [-0.05, 0) is 25.8 Å². The average molecular weight is 306 g/mol. The second kappa shape index (κ2) is 7.84. The Morgan fingerprint density at radius 1 is 1.24 bits per heavy atom. The number of benzene rings is 1. The summed E-state index contributed by atoms with van der Waals surface area (Å²) in [6.45, 7) is 4.47. The van der Waals surface area contributed by atoms with Gasteiger partial charge in [0.25, 0.3) is 0 Å². The minimum absolute atomic E-state index is 0.108. The van der Waals surface area contributed by atoms with Gasteiger partial charge in [0.1, 0.15) is 12.1 Å². The molecule has 1 atom stereocenters. The van der Waals surface area contributed by atoms with Crippen molar-refractivity contribution in [1.82, 2.24) is 9.97 Å². The van der Waals surface area contributed by atoms with E-state index in [-0.39, 0.29) is 6.04 Å². The SMILES string of the molecule is CCOc1ncnc(NC(CCl)Cc2ccccc2)c1C. The molecule has 1 aromatic heterocycles. The van der Waals surface area contributed by atoms with Gasteiger partial charge in [0.15, 0.2) is 0 Å². The number of alkyl halides is 1. The first kappa shape index (κ1) is 15.6. The summed E-state index contributed by atoms with van der Waals surface area (Å²) in [7, 11) is 0. The molecule has 0 aliphatic rings. The van der Waals surface area contributed by atoms with E-state index in [1.807, 2.05) is 32.0 Å². The van der Waals surface area contributed by atoms with Gasteiger partial charge in [-0.3, -0.25) is 0 Å². The van der Waals surface area contributed by atoms with Crippen LogP contribution in [0.5, 0.6) is 5.88 Å². The zero-order valence-electron chi connectivity index (χ0n) is 12.3. The van der Waals surface area contributed by atoms with Gasteiger partial charge in [-0.25, -0.2) is 9.97 Å². The van der Waals surface area contributed by atoms with E-state index in [1.54, 1.807) is 0 Å². The van der Waals surface area contributed by atoms with Crippen molar-refractivity contribution in [3.05, 3.63) is 47.8 Å². The van der Waals surface area contributed by atoms with Crippen LogP contribution in [0.15, 0.2) is 36.7 Å². The Hall–Kier alpha value is -1.81. The quantitative estimate of drug-likeness (QED) is 0.796. The van der Waals surface area contributed by atoms with Crippen molar-refractivity contribution >= 4 is 17.4 Å². The van der Waals surface area contributed by atoms with E-state index in [2.05, 4.69) is 27.4 Å². The number of aromatic nitrogens is 2. The average Bonchev–Trinajstić information content (AvgIpc) is 2.51. The molecule has 0 amide bonds. The van der Waals surface area contributed by atoms with Crippen LogP contribution in [0.4, 0.5) is 5.82 Å². The zero-order chi connectivity index (χ0) is 15.1. The molecule has 1 aromatic carbocycles. The maximum absolute atomic E-state index is 6.08. The van der Waals surface area contributed by atoms with Gasteiger partial charge < -0.3 is 10.1 Å². The number of nitrogens with one attached hydrogen (secondary N) is 1. The fraction of sp³-hybridized carbons (Fsp3) is 0.375. The van der Waals surface area contributed by atoms with Gasteiger partial charge in [-0.2, -0.15) is 0 Å². The summed E-state index contributed by atoms with van der Waals surface area (Å²) in [6.07, 6.45) is 2.35. The van der Waals surface area contributed by atoms with E-state index in [9.17, 15) is 0 Å². The molecule has 0 aliphatic carbocycles. The first-order chi connectivity index (χ1) is 10.2. The van der Waals surface area contributed by atoms with E-state index in [4.69, 9.17) is 16.3 Å². The molecular formula is C16H20ClN3O. The van der Waals surface area contributed by atoms with Gasteiger partial charge in [-0.15, -0.1) is 11.6 Å². The van der Waals surface area contributed by atoms with Gasteiger partial charge in [0, 0.05) is 11.9 Å². The number of rotatable bonds is 7. The summed E-state index contributed by atoms with van der Waals surface area (Å²) in [5.74, 6) is 1.89. The predicted molar refractivity (Wildman–Crippen MR) is 86.2 cm³/mol. The van der Waals surface area contributed by atoms with Crippen LogP contribution in [0.25, 0.3) is 0 Å². The van der Waals surface area contributed by atoms with E-state index in [0.717, 1.165) is 17.8 Å². The molecular weight excluding hydrogens is 286 g/mol. The Morgan fingerprint density at radius 2 is 2.00 bits per heavy atom. The third kappa shape index (κ3) is 4.33. The van der Waals surface area contributed by atoms with Gasteiger partial charge in [0.05, 0.1) is 12.2 Å². The Bertz CT molecular complexity index is 563. The number of hydrogen-bond donors (Lipinski definition) is 1. The molecule has 0 saturated heterocycles. The smallest absolute Gasteiger partial charge is 0.221 e. The summed E-state index contributed by atoms with van der Waals surface area (Å²) in [5.41, 5.74) is 2.15.